The summed E-state index contributed by atoms with van der Waals surface area (Å²) in [5, 5.41) is 12.9. The molecule has 27 heavy (non-hydrogen) atoms. The van der Waals surface area contributed by atoms with Crippen LogP contribution in [0.1, 0.15) is 28.9 Å². The first kappa shape index (κ1) is 18.6. The van der Waals surface area contributed by atoms with Gasteiger partial charge in [0.2, 0.25) is 0 Å². The molecule has 0 aliphatic heterocycles. The zero-order valence-electron chi connectivity index (χ0n) is 14.7. The molecule has 3 rings (SSSR count). The van der Waals surface area contributed by atoms with Gasteiger partial charge in [0.1, 0.15) is 5.75 Å². The van der Waals surface area contributed by atoms with Crippen molar-refractivity contribution < 1.29 is 9.90 Å². The van der Waals surface area contributed by atoms with Crippen LogP contribution in [0.5, 0.6) is 5.75 Å². The van der Waals surface area contributed by atoms with Gasteiger partial charge in [-0.2, -0.15) is 0 Å². The molecule has 0 saturated carbocycles. The molecule has 0 radical (unpaired) electrons. The Balaban J connectivity index is 1.91. The van der Waals surface area contributed by atoms with E-state index >= 15 is 0 Å². The van der Waals surface area contributed by atoms with Gasteiger partial charge in [-0.15, -0.1) is 6.58 Å². The number of phenols is 1. The molecule has 2 aromatic carbocycles. The average molecular weight is 381 g/mol. The molecule has 1 heterocycles. The Labute approximate surface area is 160 Å². The van der Waals surface area contributed by atoms with Crippen LogP contribution in [-0.4, -0.2) is 20.6 Å². The van der Waals surface area contributed by atoms with Crippen LogP contribution < -0.4 is 10.9 Å². The number of carbonyl (C=O) groups excluding carboxylic acids is 1. The molecule has 6 nitrogen and oxygen atoms in total. The average Bonchev–Trinajstić information content (AvgIpc) is 2.64. The van der Waals surface area contributed by atoms with Crippen molar-refractivity contribution in [2.75, 3.05) is 0 Å². The Bertz CT molecular complexity index is 1150. The molecule has 0 fully saturated rings. The summed E-state index contributed by atoms with van der Waals surface area (Å²) in [5.74, 6) is -0.148. The van der Waals surface area contributed by atoms with E-state index in [4.69, 9.17) is 12.2 Å². The summed E-state index contributed by atoms with van der Waals surface area (Å²) >= 11 is 5.22. The number of nitrogens with zero attached hydrogens (tertiary/aromatic N) is 1. The minimum absolute atomic E-state index is 0.141. The maximum atomic E-state index is 12.6. The first-order chi connectivity index (χ1) is 12.9. The fraction of sp³-hybridized carbons (Fsp3) is 0.150. The second kappa shape index (κ2) is 7.59. The van der Waals surface area contributed by atoms with E-state index in [0.29, 0.717) is 23.0 Å². The van der Waals surface area contributed by atoms with Crippen molar-refractivity contribution in [3.05, 3.63) is 81.4 Å². The Morgan fingerprint density at radius 2 is 2.15 bits per heavy atom. The van der Waals surface area contributed by atoms with Crippen LogP contribution >= 0.6 is 12.2 Å². The first-order valence-corrected chi connectivity index (χ1v) is 8.79. The number of benzene rings is 2. The number of rotatable bonds is 5. The van der Waals surface area contributed by atoms with Crippen molar-refractivity contribution >= 4 is 29.0 Å². The molecule has 0 aliphatic carbocycles. The summed E-state index contributed by atoms with van der Waals surface area (Å²) in [6, 6.07) is 11.2. The largest absolute Gasteiger partial charge is 0.508 e. The fourth-order valence-electron chi connectivity index (χ4n) is 2.85. The lowest BCUT2D eigenvalue weighted by Gasteiger charge is -2.15. The van der Waals surface area contributed by atoms with E-state index in [1.165, 1.54) is 4.57 Å². The minimum Gasteiger partial charge on any atom is -0.508 e. The molecule has 1 atom stereocenters. The Morgan fingerprint density at radius 3 is 2.85 bits per heavy atom. The summed E-state index contributed by atoms with van der Waals surface area (Å²) in [7, 11) is 0. The van der Waals surface area contributed by atoms with Crippen LogP contribution in [0.25, 0.3) is 10.9 Å². The molecule has 1 amide bonds. The summed E-state index contributed by atoms with van der Waals surface area (Å²) < 4.78 is 1.69. The van der Waals surface area contributed by atoms with E-state index in [1.807, 2.05) is 13.0 Å². The SMILES string of the molecule is C=CCn1c(=S)[nH]c2cc(C(=O)NC(C)c3cccc(O)c3)ccc2c1=O. The van der Waals surface area contributed by atoms with Crippen molar-refractivity contribution in [1.82, 2.24) is 14.9 Å². The molecule has 1 unspecified atom stereocenters. The standard InChI is InChI=1S/C20H19N3O3S/c1-3-9-23-19(26)16-8-7-14(11-17(16)22-20(23)27)18(25)21-12(2)13-5-4-6-15(24)10-13/h3-8,10-12,24H,1,9H2,2H3,(H,21,25)(H,22,27). The third kappa shape index (κ3) is 3.83. The van der Waals surface area contributed by atoms with Crippen molar-refractivity contribution in [3.8, 4) is 5.75 Å². The van der Waals surface area contributed by atoms with Crippen LogP contribution in [0.15, 0.2) is 59.9 Å². The van der Waals surface area contributed by atoms with E-state index in [9.17, 15) is 14.7 Å². The number of aromatic hydroxyl groups is 1. The number of amides is 1. The number of nitrogens with one attached hydrogen (secondary N) is 2. The number of H-pyrrole nitrogens is 1. The molecular weight excluding hydrogens is 362 g/mol. The number of allylic oxidation sites excluding steroid dienone is 1. The molecule has 3 aromatic rings. The van der Waals surface area contributed by atoms with Gasteiger partial charge in [0, 0.05) is 12.1 Å². The lowest BCUT2D eigenvalue weighted by molar-refractivity contribution is 0.0940. The maximum absolute atomic E-state index is 12.6. The fourth-order valence-corrected chi connectivity index (χ4v) is 3.12. The lowest BCUT2D eigenvalue weighted by Crippen LogP contribution is -2.27. The summed E-state index contributed by atoms with van der Waals surface area (Å²) in [4.78, 5) is 28.1. The Kier molecular flexibility index (Phi) is 5.23. The number of hydrogen-bond donors (Lipinski definition) is 3. The van der Waals surface area contributed by atoms with E-state index in [2.05, 4.69) is 16.9 Å². The van der Waals surface area contributed by atoms with Gasteiger partial charge in [0.25, 0.3) is 11.5 Å². The van der Waals surface area contributed by atoms with E-state index in [0.717, 1.165) is 5.56 Å². The highest BCUT2D eigenvalue weighted by Gasteiger charge is 2.14. The molecule has 3 N–H and O–H groups in total. The predicted octanol–water partition coefficient (Wildman–Crippen LogP) is 3.44. The third-order valence-electron chi connectivity index (χ3n) is 4.27. The molecule has 0 spiro atoms. The van der Waals surface area contributed by atoms with E-state index in [-0.39, 0.29) is 28.0 Å². The molecule has 0 saturated heterocycles. The van der Waals surface area contributed by atoms with Crippen LogP contribution in [-0.2, 0) is 6.54 Å². The maximum Gasteiger partial charge on any atom is 0.262 e. The number of carbonyl (C=O) groups is 1. The zero-order chi connectivity index (χ0) is 19.6. The second-order valence-corrected chi connectivity index (χ2v) is 6.57. The monoisotopic (exact) mass is 381 g/mol. The summed E-state index contributed by atoms with van der Waals surface area (Å²) in [6.07, 6.45) is 1.60. The van der Waals surface area contributed by atoms with Gasteiger partial charge >= 0.3 is 0 Å². The number of fused-ring (bicyclic) bond motifs is 1. The smallest absolute Gasteiger partial charge is 0.262 e. The molecule has 0 aliphatic rings. The van der Waals surface area contributed by atoms with Crippen molar-refractivity contribution in [1.29, 1.82) is 0 Å². The van der Waals surface area contributed by atoms with Gasteiger partial charge in [-0.05, 0) is 55.0 Å². The van der Waals surface area contributed by atoms with Crippen LogP contribution in [0, 0.1) is 4.77 Å². The third-order valence-corrected chi connectivity index (χ3v) is 4.60. The van der Waals surface area contributed by atoms with Crippen LogP contribution in [0.2, 0.25) is 0 Å². The van der Waals surface area contributed by atoms with Gasteiger partial charge in [0.15, 0.2) is 4.77 Å². The molecule has 1 aromatic heterocycles. The number of aromatic nitrogens is 2. The number of aromatic amines is 1. The highest BCUT2D eigenvalue weighted by Crippen LogP contribution is 2.19. The van der Waals surface area contributed by atoms with Gasteiger partial charge in [-0.25, -0.2) is 0 Å². The quantitative estimate of drug-likeness (QED) is 0.467. The Morgan fingerprint density at radius 1 is 1.37 bits per heavy atom. The molecule has 7 heteroatoms. The van der Waals surface area contributed by atoms with E-state index in [1.54, 1.807) is 42.5 Å². The van der Waals surface area contributed by atoms with Gasteiger partial charge in [0.05, 0.1) is 16.9 Å². The molecule has 0 bridgehead atoms. The van der Waals surface area contributed by atoms with Gasteiger partial charge < -0.3 is 15.4 Å². The highest BCUT2D eigenvalue weighted by molar-refractivity contribution is 7.71. The van der Waals surface area contributed by atoms with Crippen LogP contribution in [0.3, 0.4) is 0 Å². The van der Waals surface area contributed by atoms with Crippen LogP contribution in [0.4, 0.5) is 0 Å². The molecule has 138 valence electrons. The number of phenolic OH excluding ortho intramolecular Hbond substituents is 1. The van der Waals surface area contributed by atoms with Gasteiger partial charge in [-0.3, -0.25) is 14.2 Å². The topological polar surface area (TPSA) is 87.1 Å². The van der Waals surface area contributed by atoms with Crippen molar-refractivity contribution in [2.45, 2.75) is 19.5 Å². The van der Waals surface area contributed by atoms with Crippen molar-refractivity contribution in [2.24, 2.45) is 0 Å². The highest BCUT2D eigenvalue weighted by atomic mass is 32.1. The Hall–Kier alpha value is -3.19. The van der Waals surface area contributed by atoms with E-state index < -0.39 is 0 Å². The van der Waals surface area contributed by atoms with Gasteiger partial charge in [-0.1, -0.05) is 18.2 Å². The summed E-state index contributed by atoms with van der Waals surface area (Å²) in [6.45, 7) is 5.77. The number of hydrogen-bond acceptors (Lipinski definition) is 4. The first-order valence-electron chi connectivity index (χ1n) is 8.38. The molecular formula is C20H19N3O3S. The zero-order valence-corrected chi connectivity index (χ0v) is 15.5. The normalized spacial score (nSPS) is 11.9. The second-order valence-electron chi connectivity index (χ2n) is 6.19. The van der Waals surface area contributed by atoms with Crippen molar-refractivity contribution in [3.63, 3.8) is 0 Å². The lowest BCUT2D eigenvalue weighted by atomic mass is 10.1. The minimum atomic E-state index is -0.292. The summed E-state index contributed by atoms with van der Waals surface area (Å²) in [5.41, 5.74) is 1.47. The predicted molar refractivity (Wildman–Crippen MR) is 108 cm³/mol.